The van der Waals surface area contributed by atoms with Crippen molar-refractivity contribution in [2.24, 2.45) is 0 Å². The number of amides is 1. The number of alkyl halides is 1. The van der Waals surface area contributed by atoms with Crippen LogP contribution in [-0.4, -0.2) is 18.1 Å². The maximum Gasteiger partial charge on any atom is 0.223 e. The van der Waals surface area contributed by atoms with E-state index < -0.39 is 0 Å². The maximum absolute atomic E-state index is 10.4. The average Bonchev–Trinajstić information content (AvgIpc) is 1.64. The van der Waals surface area contributed by atoms with Gasteiger partial charge < -0.3 is 5.32 Å². The molecule has 1 heterocycles. The Balaban J connectivity index is 2.34. The van der Waals surface area contributed by atoms with E-state index in [1.807, 2.05) is 0 Å². The van der Waals surface area contributed by atoms with Gasteiger partial charge in [0.15, 0.2) is 5.62 Å². The number of carbonyl (C=O) groups is 1. The van der Waals surface area contributed by atoms with Crippen molar-refractivity contribution in [1.82, 2.24) is 10.6 Å². The van der Waals surface area contributed by atoms with Gasteiger partial charge in [-0.25, -0.2) is 0 Å². The van der Waals surface area contributed by atoms with Crippen LogP contribution >= 0.6 is 11.6 Å². The highest BCUT2D eigenvalue weighted by Gasteiger charge is 2.12. The molecule has 0 aliphatic carbocycles. The Hall–Kier alpha value is -0.280. The van der Waals surface area contributed by atoms with E-state index in [9.17, 15) is 4.79 Å². The summed E-state index contributed by atoms with van der Waals surface area (Å²) < 4.78 is 0. The fourth-order valence-electron chi connectivity index (χ4n) is 0.577. The Labute approximate surface area is 52.4 Å². The van der Waals surface area contributed by atoms with E-state index in [0.717, 1.165) is 0 Å². The fraction of sp³-hybridized carbons (Fsp3) is 0.750. The lowest BCUT2D eigenvalue weighted by Crippen LogP contribution is -2.47. The van der Waals surface area contributed by atoms with Crippen LogP contribution in [0.5, 0.6) is 0 Å². The lowest BCUT2D eigenvalue weighted by Gasteiger charge is -2.18. The van der Waals surface area contributed by atoms with Crippen molar-refractivity contribution in [2.45, 2.75) is 12.0 Å². The lowest BCUT2D eigenvalue weighted by molar-refractivity contribution is -0.122. The number of rotatable bonds is 0. The summed E-state index contributed by atoms with van der Waals surface area (Å²) in [7, 11) is 0. The molecule has 0 aromatic heterocycles. The molecule has 1 rings (SSSR count). The van der Waals surface area contributed by atoms with E-state index in [2.05, 4.69) is 10.6 Å². The number of hydrogen-bond donors (Lipinski definition) is 2. The molecule has 8 heavy (non-hydrogen) atoms. The van der Waals surface area contributed by atoms with Crippen molar-refractivity contribution in [3.8, 4) is 0 Å². The molecule has 1 fully saturated rings. The van der Waals surface area contributed by atoms with E-state index in [4.69, 9.17) is 11.6 Å². The number of nitrogens with one attached hydrogen (secondary N) is 2. The van der Waals surface area contributed by atoms with E-state index in [-0.39, 0.29) is 11.5 Å². The van der Waals surface area contributed by atoms with Crippen LogP contribution in [0, 0.1) is 0 Å². The molecule has 3 nitrogen and oxygen atoms in total. The summed E-state index contributed by atoms with van der Waals surface area (Å²) >= 11 is 5.47. The van der Waals surface area contributed by atoms with Gasteiger partial charge in [-0.15, -0.1) is 0 Å². The average molecular weight is 135 g/mol. The summed E-state index contributed by atoms with van der Waals surface area (Å²) in [5.41, 5.74) is -0.365. The van der Waals surface area contributed by atoms with Crippen molar-refractivity contribution in [3.63, 3.8) is 0 Å². The zero-order valence-corrected chi connectivity index (χ0v) is 5.03. The van der Waals surface area contributed by atoms with Gasteiger partial charge in [-0.3, -0.25) is 10.1 Å². The topological polar surface area (TPSA) is 41.1 Å². The van der Waals surface area contributed by atoms with Crippen molar-refractivity contribution in [3.05, 3.63) is 0 Å². The van der Waals surface area contributed by atoms with Crippen LogP contribution in [0.1, 0.15) is 6.42 Å². The molecule has 46 valence electrons. The van der Waals surface area contributed by atoms with E-state index >= 15 is 0 Å². The van der Waals surface area contributed by atoms with Gasteiger partial charge in [-0.2, -0.15) is 0 Å². The SMILES string of the molecule is O=C1CCNC(Cl)N1. The molecule has 1 atom stereocenters. The third kappa shape index (κ3) is 1.35. The molecule has 0 saturated carbocycles. The van der Waals surface area contributed by atoms with Crippen molar-refractivity contribution < 1.29 is 4.79 Å². The summed E-state index contributed by atoms with van der Waals surface area (Å²) in [6.45, 7) is 0.681. The maximum atomic E-state index is 10.4. The van der Waals surface area contributed by atoms with Gasteiger partial charge in [0.05, 0.1) is 0 Å². The van der Waals surface area contributed by atoms with Crippen LogP contribution < -0.4 is 10.6 Å². The second-order valence-electron chi connectivity index (χ2n) is 1.63. The van der Waals surface area contributed by atoms with E-state index in [1.165, 1.54) is 0 Å². The predicted molar refractivity (Wildman–Crippen MR) is 30.4 cm³/mol. The van der Waals surface area contributed by atoms with Crippen LogP contribution in [-0.2, 0) is 4.79 Å². The molecule has 1 aliphatic heterocycles. The lowest BCUT2D eigenvalue weighted by atomic mass is 10.4. The highest BCUT2D eigenvalue weighted by molar-refractivity contribution is 6.21. The Bertz CT molecular complexity index is 106. The minimum absolute atomic E-state index is 0.0174. The molecular weight excluding hydrogens is 128 g/mol. The number of halogens is 1. The monoisotopic (exact) mass is 134 g/mol. The van der Waals surface area contributed by atoms with Gasteiger partial charge in [0.1, 0.15) is 0 Å². The van der Waals surface area contributed by atoms with E-state index in [1.54, 1.807) is 0 Å². The fourth-order valence-corrected chi connectivity index (χ4v) is 0.808. The van der Waals surface area contributed by atoms with Gasteiger partial charge in [-0.1, -0.05) is 11.6 Å². The Morgan fingerprint density at radius 3 is 2.88 bits per heavy atom. The normalized spacial score (nSPS) is 29.6. The molecule has 0 spiro atoms. The van der Waals surface area contributed by atoms with Gasteiger partial charge in [0.2, 0.25) is 5.91 Å². The summed E-state index contributed by atoms with van der Waals surface area (Å²) in [5.74, 6) is 0.0174. The highest BCUT2D eigenvalue weighted by atomic mass is 35.5. The van der Waals surface area contributed by atoms with Gasteiger partial charge in [0, 0.05) is 13.0 Å². The largest absolute Gasteiger partial charge is 0.328 e. The molecule has 2 N–H and O–H groups in total. The molecule has 1 amide bonds. The van der Waals surface area contributed by atoms with Crippen molar-refractivity contribution >= 4 is 17.5 Å². The van der Waals surface area contributed by atoms with Crippen LogP contribution in [0.15, 0.2) is 0 Å². The summed E-state index contributed by atoms with van der Waals surface area (Å²) in [4.78, 5) is 10.4. The third-order valence-electron chi connectivity index (χ3n) is 0.963. The quantitative estimate of drug-likeness (QED) is 0.350. The standard InChI is InChI=1S/C4H7ClN2O/c5-4-6-2-1-3(8)7-4/h4,6H,1-2H2,(H,7,8). The highest BCUT2D eigenvalue weighted by Crippen LogP contribution is 1.92. The van der Waals surface area contributed by atoms with Crippen molar-refractivity contribution in [1.29, 1.82) is 0 Å². The number of carbonyl (C=O) groups excluding carboxylic acids is 1. The van der Waals surface area contributed by atoms with E-state index in [0.29, 0.717) is 13.0 Å². The first-order valence-electron chi connectivity index (χ1n) is 2.46. The first-order chi connectivity index (χ1) is 3.79. The molecule has 1 aliphatic rings. The molecule has 1 saturated heterocycles. The molecular formula is C4H7ClN2O. The van der Waals surface area contributed by atoms with Crippen molar-refractivity contribution in [2.75, 3.05) is 6.54 Å². The van der Waals surface area contributed by atoms with Gasteiger partial charge in [0.25, 0.3) is 0 Å². The predicted octanol–water partition coefficient (Wildman–Crippen LogP) is -0.382. The van der Waals surface area contributed by atoms with Crippen LogP contribution in [0.4, 0.5) is 0 Å². The summed E-state index contributed by atoms with van der Waals surface area (Å²) in [6.07, 6.45) is 0.531. The zero-order chi connectivity index (χ0) is 5.98. The molecule has 0 aromatic rings. The zero-order valence-electron chi connectivity index (χ0n) is 4.28. The molecule has 0 aromatic carbocycles. The molecule has 0 radical (unpaired) electrons. The number of hydrogen-bond acceptors (Lipinski definition) is 2. The van der Waals surface area contributed by atoms with Crippen LogP contribution in [0.25, 0.3) is 0 Å². The summed E-state index contributed by atoms with van der Waals surface area (Å²) in [5, 5.41) is 5.34. The Morgan fingerprint density at radius 2 is 2.50 bits per heavy atom. The smallest absolute Gasteiger partial charge is 0.223 e. The van der Waals surface area contributed by atoms with Crippen LogP contribution in [0.2, 0.25) is 0 Å². The molecule has 1 unspecified atom stereocenters. The first-order valence-corrected chi connectivity index (χ1v) is 2.89. The van der Waals surface area contributed by atoms with Crippen LogP contribution in [0.3, 0.4) is 0 Å². The first kappa shape index (κ1) is 5.85. The molecule has 0 bridgehead atoms. The van der Waals surface area contributed by atoms with Gasteiger partial charge in [-0.05, 0) is 0 Å². The minimum Gasteiger partial charge on any atom is -0.328 e. The summed E-state index contributed by atoms with van der Waals surface area (Å²) in [6, 6.07) is 0. The second-order valence-corrected chi connectivity index (χ2v) is 2.07. The third-order valence-corrected chi connectivity index (χ3v) is 1.23. The molecule has 4 heteroatoms. The second kappa shape index (κ2) is 2.33. The Morgan fingerprint density at radius 1 is 1.75 bits per heavy atom. The minimum atomic E-state index is -0.365. The van der Waals surface area contributed by atoms with Gasteiger partial charge >= 0.3 is 0 Å². The Kier molecular flexibility index (Phi) is 1.70.